The van der Waals surface area contributed by atoms with Gasteiger partial charge in [0.1, 0.15) is 0 Å². The third-order valence-corrected chi connectivity index (χ3v) is 5.33. The minimum absolute atomic E-state index is 0.0968. The molecule has 0 spiro atoms. The van der Waals surface area contributed by atoms with Gasteiger partial charge in [0.2, 0.25) is 5.91 Å². The molecule has 2 N–H and O–H groups in total. The Morgan fingerprint density at radius 2 is 2.39 bits per heavy atom. The molecule has 5 heteroatoms. The molecular weight excluding hydrogens is 264 g/mol. The van der Waals surface area contributed by atoms with Crippen LogP contribution in [0, 0.1) is 0 Å². The van der Waals surface area contributed by atoms with Gasteiger partial charge in [0.25, 0.3) is 0 Å². The maximum Gasteiger partial charge on any atom is 0.233 e. The molecule has 0 aliphatic carbocycles. The summed E-state index contributed by atoms with van der Waals surface area (Å²) in [6.07, 6.45) is 2.08. The van der Waals surface area contributed by atoms with Gasteiger partial charge in [0, 0.05) is 17.8 Å². The molecule has 0 fully saturated rings. The van der Waals surface area contributed by atoms with Crippen molar-refractivity contribution in [2.75, 3.05) is 13.1 Å². The van der Waals surface area contributed by atoms with E-state index in [1.54, 1.807) is 11.3 Å². The van der Waals surface area contributed by atoms with Crippen LogP contribution in [0.25, 0.3) is 0 Å². The molecule has 100 valence electrons. The second kappa shape index (κ2) is 6.59. The van der Waals surface area contributed by atoms with Crippen molar-refractivity contribution in [1.82, 2.24) is 10.6 Å². The first kappa shape index (κ1) is 13.9. The lowest BCUT2D eigenvalue weighted by atomic mass is 10.0. The molecule has 2 heterocycles. The fourth-order valence-corrected chi connectivity index (χ4v) is 4.65. The summed E-state index contributed by atoms with van der Waals surface area (Å²) >= 11 is 3.75. The van der Waals surface area contributed by atoms with Gasteiger partial charge >= 0.3 is 0 Å². The summed E-state index contributed by atoms with van der Waals surface area (Å²) in [6.45, 7) is 5.49. The summed E-state index contributed by atoms with van der Waals surface area (Å²) in [7, 11) is 0. The molecule has 18 heavy (non-hydrogen) atoms. The predicted octanol–water partition coefficient (Wildman–Crippen LogP) is 2.79. The molecule has 0 saturated heterocycles. The van der Waals surface area contributed by atoms with E-state index in [0.29, 0.717) is 17.8 Å². The van der Waals surface area contributed by atoms with Gasteiger partial charge in [-0.3, -0.25) is 4.79 Å². The number of thioether (sulfide) groups is 1. The first-order chi connectivity index (χ1) is 8.70. The largest absolute Gasteiger partial charge is 0.355 e. The van der Waals surface area contributed by atoms with E-state index in [9.17, 15) is 4.79 Å². The monoisotopic (exact) mass is 284 g/mol. The highest BCUT2D eigenvalue weighted by molar-refractivity contribution is 8.01. The Hall–Kier alpha value is -0.520. The first-order valence-corrected chi connectivity index (χ1v) is 8.20. The number of fused-ring (bicyclic) bond motifs is 1. The highest BCUT2D eigenvalue weighted by atomic mass is 32.2. The lowest BCUT2D eigenvalue weighted by Gasteiger charge is -2.27. The molecule has 0 bridgehead atoms. The summed E-state index contributed by atoms with van der Waals surface area (Å²) in [4.78, 5) is 11.6. The Morgan fingerprint density at radius 3 is 3.17 bits per heavy atom. The maximum absolute atomic E-state index is 11.6. The second-order valence-corrected chi connectivity index (χ2v) is 7.23. The van der Waals surface area contributed by atoms with Crippen molar-refractivity contribution in [3.63, 3.8) is 0 Å². The maximum atomic E-state index is 11.6. The molecule has 0 saturated carbocycles. The van der Waals surface area contributed by atoms with Gasteiger partial charge in [-0.2, -0.15) is 0 Å². The Kier molecular flexibility index (Phi) is 5.09. The van der Waals surface area contributed by atoms with Gasteiger partial charge in [-0.1, -0.05) is 13.8 Å². The van der Waals surface area contributed by atoms with Crippen LogP contribution < -0.4 is 10.6 Å². The Morgan fingerprint density at radius 1 is 1.56 bits per heavy atom. The van der Waals surface area contributed by atoms with E-state index >= 15 is 0 Å². The molecule has 3 nitrogen and oxygen atoms in total. The van der Waals surface area contributed by atoms with Crippen LogP contribution >= 0.6 is 23.1 Å². The SMILES string of the molecule is CCCNC(=O)CNC1C[C@H](C)Sc2sccc21. The lowest BCUT2D eigenvalue weighted by Crippen LogP contribution is -2.37. The Bertz CT molecular complexity index is 405. The van der Waals surface area contributed by atoms with Crippen LogP contribution in [0.2, 0.25) is 0 Å². The highest BCUT2D eigenvalue weighted by Gasteiger charge is 2.26. The molecular formula is C13H20N2OS2. The fourth-order valence-electron chi connectivity index (χ4n) is 2.09. The average molecular weight is 284 g/mol. The van der Waals surface area contributed by atoms with Crippen molar-refractivity contribution >= 4 is 29.0 Å². The molecule has 1 aliphatic rings. The molecule has 2 rings (SSSR count). The van der Waals surface area contributed by atoms with Crippen LogP contribution in [-0.2, 0) is 4.79 Å². The molecule has 2 atom stereocenters. The molecule has 1 aliphatic heterocycles. The lowest BCUT2D eigenvalue weighted by molar-refractivity contribution is -0.120. The van der Waals surface area contributed by atoms with Crippen LogP contribution in [0.4, 0.5) is 0 Å². The minimum Gasteiger partial charge on any atom is -0.355 e. The number of thiophene rings is 1. The predicted molar refractivity (Wildman–Crippen MR) is 78.3 cm³/mol. The number of carbonyl (C=O) groups excluding carboxylic acids is 1. The van der Waals surface area contributed by atoms with Crippen LogP contribution in [0.15, 0.2) is 15.7 Å². The van der Waals surface area contributed by atoms with E-state index in [0.717, 1.165) is 19.4 Å². The van der Waals surface area contributed by atoms with Gasteiger partial charge in [-0.05, 0) is 29.9 Å². The van der Waals surface area contributed by atoms with E-state index in [2.05, 4.69) is 35.9 Å². The summed E-state index contributed by atoms with van der Waals surface area (Å²) in [5, 5.41) is 9.04. The summed E-state index contributed by atoms with van der Waals surface area (Å²) in [6, 6.07) is 2.51. The van der Waals surface area contributed by atoms with E-state index in [-0.39, 0.29) is 5.91 Å². The number of hydrogen-bond donors (Lipinski definition) is 2. The number of hydrogen-bond acceptors (Lipinski definition) is 4. The van der Waals surface area contributed by atoms with Gasteiger partial charge in [0.15, 0.2) is 0 Å². The van der Waals surface area contributed by atoms with E-state index < -0.39 is 0 Å². The normalized spacial score (nSPS) is 22.6. The zero-order chi connectivity index (χ0) is 13.0. The van der Waals surface area contributed by atoms with Crippen molar-refractivity contribution in [3.8, 4) is 0 Å². The van der Waals surface area contributed by atoms with Crippen LogP contribution in [0.1, 0.15) is 38.3 Å². The number of carbonyl (C=O) groups is 1. The van der Waals surface area contributed by atoms with Crippen molar-refractivity contribution in [2.24, 2.45) is 0 Å². The first-order valence-electron chi connectivity index (χ1n) is 6.44. The van der Waals surface area contributed by atoms with Gasteiger partial charge in [-0.25, -0.2) is 0 Å². The van der Waals surface area contributed by atoms with Gasteiger partial charge in [-0.15, -0.1) is 23.1 Å². The van der Waals surface area contributed by atoms with E-state index in [4.69, 9.17) is 0 Å². The molecule has 1 aromatic heterocycles. The molecule has 1 aromatic rings. The Balaban J connectivity index is 1.89. The van der Waals surface area contributed by atoms with Crippen LogP contribution in [0.5, 0.6) is 0 Å². The van der Waals surface area contributed by atoms with E-state index in [1.165, 1.54) is 9.77 Å². The third kappa shape index (κ3) is 3.49. The van der Waals surface area contributed by atoms with Crippen LogP contribution in [0.3, 0.4) is 0 Å². The zero-order valence-electron chi connectivity index (χ0n) is 10.9. The van der Waals surface area contributed by atoms with Gasteiger partial charge in [0.05, 0.1) is 10.8 Å². The molecule has 1 unspecified atom stereocenters. The summed E-state index contributed by atoms with van der Waals surface area (Å²) in [5.41, 5.74) is 1.37. The van der Waals surface area contributed by atoms with Crippen molar-refractivity contribution in [3.05, 3.63) is 17.0 Å². The third-order valence-electron chi connectivity index (χ3n) is 2.99. The van der Waals surface area contributed by atoms with Crippen molar-refractivity contribution < 1.29 is 4.79 Å². The van der Waals surface area contributed by atoms with Gasteiger partial charge < -0.3 is 10.6 Å². The molecule has 1 amide bonds. The Labute approximate surface area is 117 Å². The smallest absolute Gasteiger partial charge is 0.233 e. The summed E-state index contributed by atoms with van der Waals surface area (Å²) < 4.78 is 1.40. The number of amides is 1. The number of nitrogens with one attached hydrogen (secondary N) is 2. The quantitative estimate of drug-likeness (QED) is 0.873. The average Bonchev–Trinajstić information content (AvgIpc) is 2.81. The molecule has 0 radical (unpaired) electrons. The van der Waals surface area contributed by atoms with Crippen molar-refractivity contribution in [2.45, 2.75) is 42.2 Å². The zero-order valence-corrected chi connectivity index (χ0v) is 12.5. The molecule has 0 aromatic carbocycles. The van der Waals surface area contributed by atoms with Crippen molar-refractivity contribution in [1.29, 1.82) is 0 Å². The van der Waals surface area contributed by atoms with Crippen LogP contribution in [-0.4, -0.2) is 24.2 Å². The summed E-state index contributed by atoms with van der Waals surface area (Å²) in [5.74, 6) is 0.0968. The number of rotatable bonds is 5. The fraction of sp³-hybridized carbons (Fsp3) is 0.615. The standard InChI is InChI=1S/C13H20N2OS2/c1-3-5-14-12(16)8-15-11-7-9(2)18-13-10(11)4-6-17-13/h4,6,9,11,15H,3,5,7-8H2,1-2H3,(H,14,16)/t9-,11?/m0/s1. The topological polar surface area (TPSA) is 41.1 Å². The van der Waals surface area contributed by atoms with E-state index in [1.807, 2.05) is 11.8 Å². The highest BCUT2D eigenvalue weighted by Crippen LogP contribution is 2.43. The second-order valence-electron chi connectivity index (χ2n) is 4.61. The minimum atomic E-state index is 0.0968.